The van der Waals surface area contributed by atoms with E-state index in [0.29, 0.717) is 19.3 Å². The lowest BCUT2D eigenvalue weighted by Gasteiger charge is -2.19. The molecule has 0 saturated heterocycles. The molecule has 0 heterocycles. The molecule has 0 aliphatic rings. The Morgan fingerprint density at radius 1 is 0.423 bits per heavy atom. The zero-order chi connectivity index (χ0) is 51.7. The molecule has 0 fully saturated rings. The van der Waals surface area contributed by atoms with Gasteiger partial charge in [-0.1, -0.05) is 210 Å². The molecule has 0 spiro atoms. The average molecular weight is 1000 g/mol. The van der Waals surface area contributed by atoms with Crippen LogP contribution in [0.2, 0.25) is 0 Å². The van der Waals surface area contributed by atoms with Gasteiger partial charge in [0.2, 0.25) is 0 Å². The Morgan fingerprint density at radius 2 is 0.746 bits per heavy atom. The fraction of sp³-hybridized carbons (Fsp3) is 0.541. The second-order valence-electron chi connectivity index (χ2n) is 17.0. The highest BCUT2D eigenvalue weighted by Crippen LogP contribution is 2.43. The van der Waals surface area contributed by atoms with Crippen molar-refractivity contribution in [3.8, 4) is 0 Å². The fourth-order valence-electron chi connectivity index (χ4n) is 6.51. The summed E-state index contributed by atoms with van der Waals surface area (Å²) in [6, 6.07) is 0. The second-order valence-corrected chi connectivity index (χ2v) is 18.4. The summed E-state index contributed by atoms with van der Waals surface area (Å²) in [6.07, 6.45) is 80.0. The molecule has 2 unspecified atom stereocenters. The molecule has 0 aliphatic heterocycles. The Bertz CT molecular complexity index is 1710. The minimum Gasteiger partial charge on any atom is -0.462 e. The number of ether oxygens (including phenoxy) is 2. The van der Waals surface area contributed by atoms with Gasteiger partial charge in [-0.25, -0.2) is 4.57 Å². The van der Waals surface area contributed by atoms with Crippen LogP contribution in [0.1, 0.15) is 181 Å². The number of hydrogen-bond donors (Lipinski definition) is 2. The van der Waals surface area contributed by atoms with Crippen molar-refractivity contribution in [2.45, 2.75) is 187 Å². The molecular weight excluding hydrogens is 906 g/mol. The molecular formula is C61H96NO8P. The number of phosphoric acid groups is 1. The van der Waals surface area contributed by atoms with Crippen molar-refractivity contribution < 1.29 is 37.6 Å². The summed E-state index contributed by atoms with van der Waals surface area (Å²) < 4.78 is 32.9. The molecule has 10 heteroatoms. The van der Waals surface area contributed by atoms with Crippen LogP contribution in [-0.4, -0.2) is 49.3 Å². The van der Waals surface area contributed by atoms with E-state index in [4.69, 9.17) is 24.3 Å². The largest absolute Gasteiger partial charge is 0.472 e. The van der Waals surface area contributed by atoms with E-state index in [2.05, 4.69) is 166 Å². The van der Waals surface area contributed by atoms with Crippen molar-refractivity contribution in [1.82, 2.24) is 0 Å². The molecule has 0 saturated carbocycles. The highest BCUT2D eigenvalue weighted by molar-refractivity contribution is 7.47. The predicted molar refractivity (Wildman–Crippen MR) is 302 cm³/mol. The van der Waals surface area contributed by atoms with E-state index < -0.39 is 32.5 Å². The molecule has 398 valence electrons. The number of carbonyl (C=O) groups is 2. The topological polar surface area (TPSA) is 134 Å². The lowest BCUT2D eigenvalue weighted by molar-refractivity contribution is -0.161. The van der Waals surface area contributed by atoms with Gasteiger partial charge in [0, 0.05) is 19.4 Å². The van der Waals surface area contributed by atoms with Crippen molar-refractivity contribution in [3.05, 3.63) is 158 Å². The first-order chi connectivity index (χ1) is 34.8. The number of nitrogens with two attached hydrogens (primary N) is 1. The minimum atomic E-state index is -4.42. The summed E-state index contributed by atoms with van der Waals surface area (Å²) >= 11 is 0. The highest BCUT2D eigenvalue weighted by atomic mass is 31.2. The smallest absolute Gasteiger partial charge is 0.462 e. The number of carbonyl (C=O) groups excluding carboxylic acids is 2. The first-order valence-corrected chi connectivity index (χ1v) is 28.5. The monoisotopic (exact) mass is 1000 g/mol. The zero-order valence-corrected chi connectivity index (χ0v) is 45.0. The van der Waals surface area contributed by atoms with Gasteiger partial charge in [0.1, 0.15) is 6.61 Å². The lowest BCUT2D eigenvalue weighted by Crippen LogP contribution is -2.29. The van der Waals surface area contributed by atoms with Crippen molar-refractivity contribution in [2.24, 2.45) is 5.73 Å². The van der Waals surface area contributed by atoms with Crippen LogP contribution in [0.5, 0.6) is 0 Å². The normalized spacial score (nSPS) is 14.4. The number of esters is 2. The van der Waals surface area contributed by atoms with Crippen LogP contribution in [0.25, 0.3) is 0 Å². The molecule has 9 nitrogen and oxygen atoms in total. The van der Waals surface area contributed by atoms with Gasteiger partial charge in [-0.05, 0) is 116 Å². The van der Waals surface area contributed by atoms with Crippen LogP contribution in [0.4, 0.5) is 0 Å². The van der Waals surface area contributed by atoms with Crippen LogP contribution in [-0.2, 0) is 32.7 Å². The molecule has 3 N–H and O–H groups in total. The highest BCUT2D eigenvalue weighted by Gasteiger charge is 2.26. The number of phosphoric ester groups is 1. The van der Waals surface area contributed by atoms with Gasteiger partial charge in [0.15, 0.2) is 6.10 Å². The fourth-order valence-corrected chi connectivity index (χ4v) is 7.27. The first-order valence-electron chi connectivity index (χ1n) is 27.0. The Morgan fingerprint density at radius 3 is 1.13 bits per heavy atom. The lowest BCUT2D eigenvalue weighted by atomic mass is 10.1. The zero-order valence-electron chi connectivity index (χ0n) is 44.1. The van der Waals surface area contributed by atoms with Gasteiger partial charge in [0.05, 0.1) is 13.2 Å². The van der Waals surface area contributed by atoms with Crippen molar-refractivity contribution >= 4 is 19.8 Å². The Balaban J connectivity index is 4.19. The number of rotatable bonds is 48. The van der Waals surface area contributed by atoms with Gasteiger partial charge in [0.25, 0.3) is 0 Å². The summed E-state index contributed by atoms with van der Waals surface area (Å²) in [5.41, 5.74) is 5.37. The SMILES string of the molecule is CC/C=C\C/C=C\C/C=C\C/C=C\C/C=C\C/C=C\C/C=C\CCCC(=O)OC(COC(=O)CCCCCCCCCC/C=C\C/C=C\C/C=C\C/C=C\C/C=C\C/C=C\CC)COP(=O)(O)OCCN. The molecule has 0 aromatic rings. The van der Waals surface area contributed by atoms with Gasteiger partial charge >= 0.3 is 19.8 Å². The molecule has 0 amide bonds. The van der Waals surface area contributed by atoms with Gasteiger partial charge < -0.3 is 20.1 Å². The number of allylic oxidation sites excluding steroid dienone is 26. The van der Waals surface area contributed by atoms with Crippen molar-refractivity contribution in [2.75, 3.05) is 26.4 Å². The molecule has 0 radical (unpaired) electrons. The number of hydrogen-bond acceptors (Lipinski definition) is 8. The summed E-state index contributed by atoms with van der Waals surface area (Å²) in [7, 11) is -4.42. The molecule has 0 bridgehead atoms. The third-order valence-electron chi connectivity index (χ3n) is 10.4. The molecule has 0 aromatic carbocycles. The van der Waals surface area contributed by atoms with Crippen molar-refractivity contribution in [3.63, 3.8) is 0 Å². The average Bonchev–Trinajstić information content (AvgIpc) is 3.36. The Hall–Kier alpha value is -4.37. The maximum atomic E-state index is 12.7. The molecule has 2 atom stereocenters. The van der Waals surface area contributed by atoms with Gasteiger partial charge in [-0.2, -0.15) is 0 Å². The predicted octanol–water partition coefficient (Wildman–Crippen LogP) is 16.9. The van der Waals surface area contributed by atoms with E-state index in [0.717, 1.165) is 109 Å². The standard InChI is InChI=1S/C61H96NO8P/c1-3-5-7-9-11-13-15-17-19-21-23-25-27-28-29-30-32-33-35-37-39-41-43-45-47-49-51-53-60(63)67-57-59(58-69-71(65,66)68-56-55-62)70-61(64)54-52-50-48-46-44-42-40-38-36-34-31-26-24-22-20-18-16-14-12-10-8-6-4-2/h5-8,11-14,17-20,23-26,28-29,32-34,36,40,42,46,48,59H,3-4,9-10,15-16,21-22,27,30-31,35,37-39,41,43-45,47,49-58,62H2,1-2H3,(H,65,66)/b7-5-,8-6-,13-11-,14-12-,19-17-,20-18-,25-23-,26-24-,29-28-,33-32-,36-34-,42-40-,48-46-. The van der Waals surface area contributed by atoms with E-state index in [9.17, 15) is 19.0 Å². The maximum absolute atomic E-state index is 12.7. The number of unbranched alkanes of at least 4 members (excludes halogenated alkanes) is 9. The quantitative estimate of drug-likeness (QED) is 0.0264. The first kappa shape index (κ1) is 66.6. The summed E-state index contributed by atoms with van der Waals surface area (Å²) in [6.45, 7) is 3.41. The third kappa shape index (κ3) is 54.8. The summed E-state index contributed by atoms with van der Waals surface area (Å²) in [5, 5.41) is 0. The van der Waals surface area contributed by atoms with Crippen molar-refractivity contribution in [1.29, 1.82) is 0 Å². The van der Waals surface area contributed by atoms with Gasteiger partial charge in [-0.3, -0.25) is 18.6 Å². The second kappa shape index (κ2) is 55.0. The molecule has 0 aromatic heterocycles. The Kier molecular flexibility index (Phi) is 51.6. The van der Waals surface area contributed by atoms with E-state index >= 15 is 0 Å². The van der Waals surface area contributed by atoms with E-state index in [1.165, 1.54) is 25.7 Å². The van der Waals surface area contributed by atoms with Crippen LogP contribution in [0, 0.1) is 0 Å². The van der Waals surface area contributed by atoms with Crippen LogP contribution >= 0.6 is 7.82 Å². The summed E-state index contributed by atoms with van der Waals surface area (Å²) in [4.78, 5) is 35.1. The minimum absolute atomic E-state index is 0.0332. The van der Waals surface area contributed by atoms with E-state index in [-0.39, 0.29) is 32.6 Å². The molecule has 0 aliphatic carbocycles. The van der Waals surface area contributed by atoms with Crippen LogP contribution in [0.3, 0.4) is 0 Å². The molecule has 0 rings (SSSR count). The van der Waals surface area contributed by atoms with E-state index in [1.54, 1.807) is 0 Å². The van der Waals surface area contributed by atoms with Crippen LogP contribution < -0.4 is 5.73 Å². The van der Waals surface area contributed by atoms with E-state index in [1.807, 2.05) is 6.08 Å². The van der Waals surface area contributed by atoms with Crippen LogP contribution in [0.15, 0.2) is 158 Å². The van der Waals surface area contributed by atoms with Gasteiger partial charge in [-0.15, -0.1) is 0 Å². The maximum Gasteiger partial charge on any atom is 0.472 e. The third-order valence-corrected chi connectivity index (χ3v) is 11.4. The molecule has 71 heavy (non-hydrogen) atoms. The summed E-state index contributed by atoms with van der Waals surface area (Å²) in [5.74, 6) is -0.923. The Labute approximate surface area is 432 Å².